The Kier molecular flexibility index (Phi) is 3.85. The van der Waals surface area contributed by atoms with Gasteiger partial charge in [-0.15, -0.1) is 33.6 Å². The molecule has 0 aliphatic rings. The summed E-state index contributed by atoms with van der Waals surface area (Å²) in [6, 6.07) is 7.96. The van der Waals surface area contributed by atoms with E-state index < -0.39 is 0 Å². The predicted molar refractivity (Wildman–Crippen MR) is 65.9 cm³/mol. The number of halogens is 1. The summed E-state index contributed by atoms with van der Waals surface area (Å²) < 4.78 is 5.53. The Morgan fingerprint density at radius 2 is 2.12 bits per heavy atom. The van der Waals surface area contributed by atoms with Gasteiger partial charge in [-0.05, 0) is 18.4 Å². The molecule has 2 aromatic rings. The number of aryl methyl sites for hydroxylation is 1. The fourth-order valence-corrected chi connectivity index (χ4v) is 2.12. The average Bonchev–Trinajstić information content (AvgIpc) is 2.78. The molecule has 5 heteroatoms. The van der Waals surface area contributed by atoms with E-state index >= 15 is 0 Å². The quantitative estimate of drug-likeness (QED) is 0.620. The highest BCUT2D eigenvalue weighted by atomic mass is 35.5. The van der Waals surface area contributed by atoms with Gasteiger partial charge in [0, 0.05) is 17.2 Å². The molecule has 0 bridgehead atoms. The van der Waals surface area contributed by atoms with Crippen LogP contribution in [0.5, 0.6) is 0 Å². The fraction of sp³-hybridized carbons (Fsp3) is 0.273. The molecule has 0 aliphatic heterocycles. The Bertz CT molecular complexity index is 473. The molecule has 1 heterocycles. The summed E-state index contributed by atoms with van der Waals surface area (Å²) in [7, 11) is 0. The third-order valence-corrected chi connectivity index (χ3v) is 3.10. The first-order valence-electron chi connectivity index (χ1n) is 4.87. The van der Waals surface area contributed by atoms with Crippen molar-refractivity contribution in [1.29, 1.82) is 0 Å². The van der Waals surface area contributed by atoms with Gasteiger partial charge in [-0.2, -0.15) is 0 Å². The van der Waals surface area contributed by atoms with Gasteiger partial charge in [-0.25, -0.2) is 0 Å². The molecule has 0 N–H and O–H groups in total. The largest absolute Gasteiger partial charge is 0.421 e. The minimum Gasteiger partial charge on any atom is -0.421 e. The van der Waals surface area contributed by atoms with Gasteiger partial charge in [0.25, 0.3) is 0 Å². The van der Waals surface area contributed by atoms with E-state index in [4.69, 9.17) is 16.0 Å². The third-order valence-electron chi connectivity index (χ3n) is 2.11. The molecule has 1 aromatic carbocycles. The topological polar surface area (TPSA) is 38.9 Å². The zero-order valence-corrected chi connectivity index (χ0v) is 10.4. The van der Waals surface area contributed by atoms with Crippen molar-refractivity contribution < 1.29 is 4.42 Å². The van der Waals surface area contributed by atoms with Gasteiger partial charge >= 0.3 is 0 Å². The van der Waals surface area contributed by atoms with Crippen LogP contribution in [0.25, 0.3) is 11.5 Å². The number of hydrogen-bond donors (Lipinski definition) is 0. The molecule has 0 fully saturated rings. The summed E-state index contributed by atoms with van der Waals surface area (Å²) in [6.07, 6.45) is 2.63. The van der Waals surface area contributed by atoms with Crippen molar-refractivity contribution in [3.8, 4) is 11.5 Å². The Morgan fingerprint density at radius 1 is 1.31 bits per heavy atom. The van der Waals surface area contributed by atoms with Crippen LogP contribution < -0.4 is 0 Å². The van der Waals surface area contributed by atoms with E-state index in [0.29, 0.717) is 24.1 Å². The summed E-state index contributed by atoms with van der Waals surface area (Å²) in [5, 5.41) is 7.97. The van der Waals surface area contributed by atoms with E-state index in [1.54, 1.807) is 11.8 Å². The lowest BCUT2D eigenvalue weighted by molar-refractivity contribution is 0.513. The van der Waals surface area contributed by atoms with Crippen LogP contribution in [0, 0.1) is 0 Å². The standard InChI is InChI=1S/C11H11ClN2OS/c1-16-9-5-3-2-4-8(9)11-14-13-10(15-11)6-7-12/h2-5H,6-7H2,1H3. The molecular formula is C11H11ClN2OS. The molecule has 0 radical (unpaired) electrons. The van der Waals surface area contributed by atoms with E-state index in [1.807, 2.05) is 30.5 Å². The van der Waals surface area contributed by atoms with Crippen LogP contribution >= 0.6 is 23.4 Å². The second-order valence-electron chi connectivity index (χ2n) is 3.14. The zero-order valence-electron chi connectivity index (χ0n) is 8.81. The van der Waals surface area contributed by atoms with Gasteiger partial charge in [-0.1, -0.05) is 12.1 Å². The summed E-state index contributed by atoms with van der Waals surface area (Å²) in [5.74, 6) is 1.64. The van der Waals surface area contributed by atoms with Gasteiger partial charge in [-0.3, -0.25) is 0 Å². The predicted octanol–water partition coefficient (Wildman–Crippen LogP) is 3.24. The molecule has 0 saturated heterocycles. The normalized spacial score (nSPS) is 10.6. The van der Waals surface area contributed by atoms with Crippen LogP contribution in [0.4, 0.5) is 0 Å². The first-order valence-corrected chi connectivity index (χ1v) is 6.63. The maximum Gasteiger partial charge on any atom is 0.248 e. The van der Waals surface area contributed by atoms with Crippen molar-refractivity contribution in [2.75, 3.05) is 12.1 Å². The van der Waals surface area contributed by atoms with Crippen LogP contribution in [0.15, 0.2) is 33.6 Å². The second kappa shape index (κ2) is 5.37. The lowest BCUT2D eigenvalue weighted by Gasteiger charge is -2.01. The SMILES string of the molecule is CSc1ccccc1-c1nnc(CCCl)o1. The molecule has 16 heavy (non-hydrogen) atoms. The maximum atomic E-state index is 5.62. The molecule has 0 amide bonds. The van der Waals surface area contributed by atoms with Crippen LogP contribution in [-0.2, 0) is 6.42 Å². The molecule has 0 spiro atoms. The highest BCUT2D eigenvalue weighted by Gasteiger charge is 2.11. The number of hydrogen-bond acceptors (Lipinski definition) is 4. The molecular weight excluding hydrogens is 244 g/mol. The van der Waals surface area contributed by atoms with Gasteiger partial charge in [0.15, 0.2) is 0 Å². The van der Waals surface area contributed by atoms with Gasteiger partial charge in [0.2, 0.25) is 11.8 Å². The minimum atomic E-state index is 0.492. The molecule has 0 atom stereocenters. The number of aromatic nitrogens is 2. The van der Waals surface area contributed by atoms with Crippen molar-refractivity contribution in [2.45, 2.75) is 11.3 Å². The Balaban J connectivity index is 2.34. The van der Waals surface area contributed by atoms with E-state index in [-0.39, 0.29) is 0 Å². The minimum absolute atomic E-state index is 0.492. The lowest BCUT2D eigenvalue weighted by Crippen LogP contribution is -1.84. The van der Waals surface area contributed by atoms with Crippen LogP contribution in [0.3, 0.4) is 0 Å². The molecule has 0 unspecified atom stereocenters. The van der Waals surface area contributed by atoms with Crippen LogP contribution in [0.1, 0.15) is 5.89 Å². The number of rotatable bonds is 4. The van der Waals surface area contributed by atoms with Crippen LogP contribution in [0.2, 0.25) is 0 Å². The van der Waals surface area contributed by atoms with E-state index in [2.05, 4.69) is 10.2 Å². The average molecular weight is 255 g/mol. The smallest absolute Gasteiger partial charge is 0.248 e. The number of alkyl halides is 1. The Labute approximate surface area is 103 Å². The zero-order chi connectivity index (χ0) is 11.4. The van der Waals surface area contributed by atoms with E-state index in [0.717, 1.165) is 10.5 Å². The van der Waals surface area contributed by atoms with E-state index in [9.17, 15) is 0 Å². The molecule has 1 aromatic heterocycles. The monoisotopic (exact) mass is 254 g/mol. The molecule has 84 valence electrons. The van der Waals surface area contributed by atoms with Crippen molar-refractivity contribution in [1.82, 2.24) is 10.2 Å². The third kappa shape index (κ3) is 2.39. The summed E-state index contributed by atoms with van der Waals surface area (Å²) in [5.41, 5.74) is 0.975. The molecule has 0 aliphatic carbocycles. The fourth-order valence-electron chi connectivity index (χ4n) is 1.37. The first kappa shape index (κ1) is 11.5. The Hall–Kier alpha value is -1.000. The number of thioether (sulfide) groups is 1. The van der Waals surface area contributed by atoms with Gasteiger partial charge in [0.1, 0.15) is 0 Å². The van der Waals surface area contributed by atoms with E-state index in [1.165, 1.54) is 0 Å². The number of nitrogens with zero attached hydrogens (tertiary/aromatic N) is 2. The molecule has 2 rings (SSSR count). The summed E-state index contributed by atoms with van der Waals surface area (Å²) in [4.78, 5) is 1.13. The van der Waals surface area contributed by atoms with Crippen molar-refractivity contribution >= 4 is 23.4 Å². The van der Waals surface area contributed by atoms with Crippen molar-refractivity contribution in [3.05, 3.63) is 30.2 Å². The highest BCUT2D eigenvalue weighted by molar-refractivity contribution is 7.98. The summed E-state index contributed by atoms with van der Waals surface area (Å²) >= 11 is 7.28. The lowest BCUT2D eigenvalue weighted by atomic mass is 10.2. The van der Waals surface area contributed by atoms with Gasteiger partial charge in [0.05, 0.1) is 5.56 Å². The second-order valence-corrected chi connectivity index (χ2v) is 4.37. The molecule has 3 nitrogen and oxygen atoms in total. The van der Waals surface area contributed by atoms with Crippen LogP contribution in [-0.4, -0.2) is 22.3 Å². The maximum absolute atomic E-state index is 5.62. The van der Waals surface area contributed by atoms with Crippen molar-refractivity contribution in [3.63, 3.8) is 0 Å². The number of benzene rings is 1. The van der Waals surface area contributed by atoms with Gasteiger partial charge < -0.3 is 4.42 Å². The molecule has 0 saturated carbocycles. The summed E-state index contributed by atoms with van der Waals surface area (Å²) in [6.45, 7) is 0. The highest BCUT2D eigenvalue weighted by Crippen LogP contribution is 2.28. The Morgan fingerprint density at radius 3 is 2.88 bits per heavy atom. The van der Waals surface area contributed by atoms with Crippen molar-refractivity contribution in [2.24, 2.45) is 0 Å². The first-order chi connectivity index (χ1) is 7.85.